The van der Waals surface area contributed by atoms with E-state index in [4.69, 9.17) is 6.42 Å². The normalized spacial score (nSPS) is 33.8. The number of hydrogen-bond donors (Lipinski definition) is 0. The van der Waals surface area contributed by atoms with Crippen LogP contribution in [0.1, 0.15) is 20.3 Å². The van der Waals surface area contributed by atoms with Gasteiger partial charge in [-0.05, 0) is 0 Å². The zero-order chi connectivity index (χ0) is 9.84. The molecule has 0 radical (unpaired) electrons. The molecule has 1 rings (SSSR count). The number of Topliss-reactive ketones (excluding diaryl/α,β-unsaturated/α-hetero) is 1. The van der Waals surface area contributed by atoms with Crippen LogP contribution in [-0.2, 0) is 4.79 Å². The molecule has 0 bridgehead atoms. The fraction of sp³-hybridized carbons (Fsp3) is 0.700. The Morgan fingerprint density at radius 1 is 1.54 bits per heavy atom. The molecule has 0 aromatic carbocycles. The van der Waals surface area contributed by atoms with E-state index in [2.05, 4.69) is 19.8 Å². The number of rotatable bonds is 2. The zero-order valence-corrected chi connectivity index (χ0v) is 9.58. The summed E-state index contributed by atoms with van der Waals surface area (Å²) in [5, 5.41) is 1.35. The second kappa shape index (κ2) is 4.97. The lowest BCUT2D eigenvalue weighted by Gasteiger charge is -2.29. The number of terminal acetylenes is 1. The van der Waals surface area contributed by atoms with Crippen LogP contribution >= 0.6 is 23.5 Å². The van der Waals surface area contributed by atoms with Gasteiger partial charge in [-0.1, -0.05) is 19.8 Å². The molecule has 72 valence electrons. The molecule has 0 saturated carbocycles. The van der Waals surface area contributed by atoms with Gasteiger partial charge in [0, 0.05) is 16.3 Å². The van der Waals surface area contributed by atoms with Crippen molar-refractivity contribution in [3.8, 4) is 12.3 Å². The highest BCUT2D eigenvalue weighted by molar-refractivity contribution is 8.08. The van der Waals surface area contributed by atoms with Gasteiger partial charge in [0.05, 0.1) is 11.7 Å². The molecular formula is C10H14OS2. The summed E-state index contributed by atoms with van der Waals surface area (Å²) in [6, 6.07) is 0. The molecule has 0 N–H and O–H groups in total. The summed E-state index contributed by atoms with van der Waals surface area (Å²) < 4.78 is 0. The Bertz CT molecular complexity index is 232. The van der Waals surface area contributed by atoms with Crippen molar-refractivity contribution in [3.63, 3.8) is 0 Å². The molecule has 1 fully saturated rings. The molecule has 0 aromatic heterocycles. The summed E-state index contributed by atoms with van der Waals surface area (Å²) in [7, 11) is 0. The van der Waals surface area contributed by atoms with Gasteiger partial charge in [-0.3, -0.25) is 4.79 Å². The van der Waals surface area contributed by atoms with Crippen LogP contribution in [0.4, 0.5) is 0 Å². The fourth-order valence-electron chi connectivity index (χ4n) is 1.17. The van der Waals surface area contributed by atoms with E-state index in [0.29, 0.717) is 16.9 Å². The van der Waals surface area contributed by atoms with Crippen LogP contribution in [-0.4, -0.2) is 27.3 Å². The topological polar surface area (TPSA) is 17.1 Å². The third-order valence-electron chi connectivity index (χ3n) is 2.19. The van der Waals surface area contributed by atoms with Gasteiger partial charge in [0.1, 0.15) is 0 Å². The second-order valence-corrected chi connectivity index (χ2v) is 6.21. The molecule has 1 aliphatic heterocycles. The summed E-state index contributed by atoms with van der Waals surface area (Å²) >= 11 is 3.65. The standard InChI is InChI=1S/C10H14OS2/c1-4-5-9(11)10-6-12-7(2)8(3)13-10/h1,7-8,10H,5-6H2,2-3H3. The van der Waals surface area contributed by atoms with Crippen molar-refractivity contribution in [1.29, 1.82) is 0 Å². The van der Waals surface area contributed by atoms with Gasteiger partial charge in [0.2, 0.25) is 0 Å². The molecule has 0 aromatic rings. The second-order valence-electron chi connectivity index (χ2n) is 3.22. The molecule has 1 aliphatic rings. The average Bonchev–Trinajstić information content (AvgIpc) is 2.10. The van der Waals surface area contributed by atoms with Gasteiger partial charge in [-0.25, -0.2) is 0 Å². The van der Waals surface area contributed by atoms with E-state index in [9.17, 15) is 4.79 Å². The van der Waals surface area contributed by atoms with Gasteiger partial charge in [-0.15, -0.1) is 18.2 Å². The molecule has 1 heterocycles. The first-order valence-electron chi connectivity index (χ1n) is 4.38. The number of carbonyl (C=O) groups excluding carboxylic acids is 1. The van der Waals surface area contributed by atoms with E-state index in [0.717, 1.165) is 5.75 Å². The predicted octanol–water partition coefficient (Wildman–Crippen LogP) is 2.20. The Morgan fingerprint density at radius 3 is 2.77 bits per heavy atom. The van der Waals surface area contributed by atoms with E-state index in [1.807, 2.05) is 11.8 Å². The molecule has 3 unspecified atom stereocenters. The van der Waals surface area contributed by atoms with Crippen molar-refractivity contribution in [2.24, 2.45) is 0 Å². The SMILES string of the molecule is C#CCC(=O)C1CSC(C)C(C)S1. The minimum absolute atomic E-state index is 0.132. The lowest BCUT2D eigenvalue weighted by molar-refractivity contribution is -0.117. The zero-order valence-electron chi connectivity index (χ0n) is 7.95. The van der Waals surface area contributed by atoms with Gasteiger partial charge >= 0.3 is 0 Å². The van der Waals surface area contributed by atoms with E-state index < -0.39 is 0 Å². The van der Waals surface area contributed by atoms with Crippen LogP contribution in [0.15, 0.2) is 0 Å². The van der Waals surface area contributed by atoms with Crippen LogP contribution in [0, 0.1) is 12.3 Å². The number of thioether (sulfide) groups is 2. The third-order valence-corrected chi connectivity index (χ3v) is 5.62. The molecule has 13 heavy (non-hydrogen) atoms. The van der Waals surface area contributed by atoms with Crippen LogP contribution in [0.25, 0.3) is 0 Å². The highest BCUT2D eigenvalue weighted by Gasteiger charge is 2.29. The number of hydrogen-bond acceptors (Lipinski definition) is 3. The first-order chi connectivity index (χ1) is 6.15. The van der Waals surface area contributed by atoms with Crippen molar-refractivity contribution < 1.29 is 4.79 Å². The minimum atomic E-state index is 0.132. The van der Waals surface area contributed by atoms with Crippen LogP contribution < -0.4 is 0 Å². The predicted molar refractivity (Wildman–Crippen MR) is 61.2 cm³/mol. The van der Waals surface area contributed by atoms with Crippen molar-refractivity contribution in [2.45, 2.75) is 36.0 Å². The molecule has 0 spiro atoms. The summed E-state index contributed by atoms with van der Waals surface area (Å²) in [6.45, 7) is 4.39. The Kier molecular flexibility index (Phi) is 4.21. The molecule has 0 amide bonds. The lowest BCUT2D eigenvalue weighted by Crippen LogP contribution is -2.31. The first-order valence-corrected chi connectivity index (χ1v) is 6.37. The van der Waals surface area contributed by atoms with Crippen LogP contribution in [0.5, 0.6) is 0 Å². The van der Waals surface area contributed by atoms with E-state index in [1.54, 1.807) is 11.8 Å². The minimum Gasteiger partial charge on any atom is -0.297 e. The average molecular weight is 214 g/mol. The summed E-state index contributed by atoms with van der Waals surface area (Å²) in [5.74, 6) is 3.57. The van der Waals surface area contributed by atoms with Gasteiger partial charge < -0.3 is 0 Å². The van der Waals surface area contributed by atoms with E-state index in [1.165, 1.54) is 0 Å². The molecule has 3 atom stereocenters. The summed E-state index contributed by atoms with van der Waals surface area (Å²) in [6.07, 6.45) is 5.40. The Labute approximate surface area is 88.4 Å². The molecule has 0 aliphatic carbocycles. The lowest BCUT2D eigenvalue weighted by atomic mass is 10.2. The van der Waals surface area contributed by atoms with E-state index in [-0.39, 0.29) is 11.0 Å². The van der Waals surface area contributed by atoms with Gasteiger partial charge in [0.25, 0.3) is 0 Å². The number of carbonyl (C=O) groups is 1. The highest BCUT2D eigenvalue weighted by atomic mass is 32.2. The number of ketones is 1. The van der Waals surface area contributed by atoms with Crippen molar-refractivity contribution in [2.75, 3.05) is 5.75 Å². The van der Waals surface area contributed by atoms with Crippen molar-refractivity contribution in [1.82, 2.24) is 0 Å². The molecule has 3 heteroatoms. The Morgan fingerprint density at radius 2 is 2.23 bits per heavy atom. The maximum Gasteiger partial charge on any atom is 0.158 e. The van der Waals surface area contributed by atoms with Gasteiger partial charge in [-0.2, -0.15) is 11.8 Å². The van der Waals surface area contributed by atoms with E-state index >= 15 is 0 Å². The maximum atomic E-state index is 11.5. The third kappa shape index (κ3) is 2.96. The fourth-order valence-corrected chi connectivity index (χ4v) is 4.05. The van der Waals surface area contributed by atoms with Crippen molar-refractivity contribution in [3.05, 3.63) is 0 Å². The Balaban J connectivity index is 2.46. The van der Waals surface area contributed by atoms with Gasteiger partial charge in [0.15, 0.2) is 5.78 Å². The molecule has 1 saturated heterocycles. The molecular weight excluding hydrogens is 200 g/mol. The van der Waals surface area contributed by atoms with Crippen molar-refractivity contribution >= 4 is 29.3 Å². The summed E-state index contributed by atoms with van der Waals surface area (Å²) in [4.78, 5) is 11.5. The van der Waals surface area contributed by atoms with Crippen LogP contribution in [0.3, 0.4) is 0 Å². The highest BCUT2D eigenvalue weighted by Crippen LogP contribution is 2.36. The quantitative estimate of drug-likeness (QED) is 0.656. The smallest absolute Gasteiger partial charge is 0.158 e. The Hall–Kier alpha value is -0.0700. The summed E-state index contributed by atoms with van der Waals surface area (Å²) in [5.41, 5.74) is 0. The van der Waals surface area contributed by atoms with Crippen LogP contribution in [0.2, 0.25) is 0 Å². The monoisotopic (exact) mass is 214 g/mol. The first kappa shape index (κ1) is 11.0. The molecule has 1 nitrogen and oxygen atoms in total. The maximum absolute atomic E-state index is 11.5. The largest absolute Gasteiger partial charge is 0.297 e.